The van der Waals surface area contributed by atoms with Crippen LogP contribution in [0.4, 0.5) is 4.79 Å². The number of halogens is 1. The van der Waals surface area contributed by atoms with E-state index in [4.69, 9.17) is 11.6 Å². The second-order valence-corrected chi connectivity index (χ2v) is 8.92. The van der Waals surface area contributed by atoms with Crippen molar-refractivity contribution in [3.05, 3.63) is 70.7 Å². The summed E-state index contributed by atoms with van der Waals surface area (Å²) in [6.45, 7) is 6.14. The van der Waals surface area contributed by atoms with Gasteiger partial charge in [0.2, 0.25) is 0 Å². The highest BCUT2D eigenvalue weighted by Crippen LogP contribution is 2.50. The van der Waals surface area contributed by atoms with Crippen LogP contribution in [0.5, 0.6) is 0 Å². The molecule has 0 spiro atoms. The number of fused-ring (bicyclic) bond motifs is 1. The number of nitrogens with one attached hydrogen (secondary N) is 1. The number of amides is 2. The van der Waals surface area contributed by atoms with Crippen molar-refractivity contribution in [2.24, 2.45) is 11.8 Å². The molecule has 4 atom stereocenters. The zero-order valence-corrected chi connectivity index (χ0v) is 16.7. The predicted molar refractivity (Wildman–Crippen MR) is 110 cm³/mol. The zero-order chi connectivity index (χ0) is 19.0. The molecule has 1 saturated heterocycles. The van der Waals surface area contributed by atoms with Crippen LogP contribution in [-0.2, 0) is 5.41 Å². The van der Waals surface area contributed by atoms with Gasteiger partial charge in [0.1, 0.15) is 0 Å². The number of carbonyl (C=O) groups excluding carboxylic acids is 1. The maximum Gasteiger partial charge on any atom is 0.317 e. The Labute approximate surface area is 166 Å². The molecule has 1 unspecified atom stereocenters. The number of carbonyl (C=O) groups is 1. The lowest BCUT2D eigenvalue weighted by Crippen LogP contribution is -2.40. The average Bonchev–Trinajstić information content (AvgIpc) is 3.19. The third kappa shape index (κ3) is 3.70. The molecule has 1 saturated carbocycles. The van der Waals surface area contributed by atoms with Crippen LogP contribution in [0.3, 0.4) is 0 Å². The van der Waals surface area contributed by atoms with Gasteiger partial charge >= 0.3 is 6.03 Å². The van der Waals surface area contributed by atoms with Gasteiger partial charge in [-0.15, -0.1) is 0 Å². The van der Waals surface area contributed by atoms with Crippen LogP contribution in [-0.4, -0.2) is 24.0 Å². The van der Waals surface area contributed by atoms with Gasteiger partial charge in [0.25, 0.3) is 0 Å². The Morgan fingerprint density at radius 3 is 2.26 bits per heavy atom. The minimum absolute atomic E-state index is 0.0233. The predicted octanol–water partition coefficient (Wildman–Crippen LogP) is 5.41. The molecule has 142 valence electrons. The number of nitrogens with zero attached hydrogens (tertiary/aromatic N) is 1. The Balaban J connectivity index is 1.36. The summed E-state index contributed by atoms with van der Waals surface area (Å²) < 4.78 is 0. The molecule has 2 amide bonds. The van der Waals surface area contributed by atoms with E-state index in [1.165, 1.54) is 5.56 Å². The van der Waals surface area contributed by atoms with Crippen LogP contribution in [0.2, 0.25) is 5.02 Å². The highest BCUT2D eigenvalue weighted by Gasteiger charge is 2.48. The summed E-state index contributed by atoms with van der Waals surface area (Å²) in [5, 5.41) is 3.86. The lowest BCUT2D eigenvalue weighted by molar-refractivity contribution is 0.199. The summed E-state index contributed by atoms with van der Waals surface area (Å²) >= 11 is 5.95. The molecule has 0 bridgehead atoms. The van der Waals surface area contributed by atoms with Gasteiger partial charge in [0.05, 0.1) is 6.04 Å². The van der Waals surface area contributed by atoms with E-state index in [0.29, 0.717) is 16.9 Å². The summed E-state index contributed by atoms with van der Waals surface area (Å²) in [6.07, 6.45) is 2.33. The molecule has 4 rings (SSSR count). The molecule has 3 nitrogen and oxygen atoms in total. The first-order valence-electron chi connectivity index (χ1n) is 9.81. The second-order valence-electron chi connectivity index (χ2n) is 8.48. The topological polar surface area (TPSA) is 32.3 Å². The maximum absolute atomic E-state index is 12.7. The number of urea groups is 1. The molecule has 4 heteroatoms. The lowest BCUT2D eigenvalue weighted by atomic mass is 9.80. The summed E-state index contributed by atoms with van der Waals surface area (Å²) in [7, 11) is 0. The number of hydrogen-bond acceptors (Lipinski definition) is 1. The molecule has 2 aromatic rings. The van der Waals surface area contributed by atoms with Crippen molar-refractivity contribution < 1.29 is 4.79 Å². The molecule has 0 radical (unpaired) electrons. The van der Waals surface area contributed by atoms with Crippen molar-refractivity contribution >= 4 is 17.6 Å². The monoisotopic (exact) mass is 382 g/mol. The zero-order valence-electron chi connectivity index (χ0n) is 16.0. The van der Waals surface area contributed by atoms with E-state index < -0.39 is 0 Å². The minimum atomic E-state index is -0.0233. The van der Waals surface area contributed by atoms with Crippen molar-refractivity contribution in [2.75, 3.05) is 13.1 Å². The van der Waals surface area contributed by atoms with Crippen molar-refractivity contribution in [1.82, 2.24) is 10.2 Å². The maximum atomic E-state index is 12.7. The Hall–Kier alpha value is -2.00. The number of hydrogen-bond donors (Lipinski definition) is 1. The van der Waals surface area contributed by atoms with Gasteiger partial charge in [0.15, 0.2) is 0 Å². The van der Waals surface area contributed by atoms with Crippen molar-refractivity contribution in [3.63, 3.8) is 0 Å². The summed E-state index contributed by atoms with van der Waals surface area (Å²) in [4.78, 5) is 14.8. The van der Waals surface area contributed by atoms with Crippen LogP contribution >= 0.6 is 11.6 Å². The molecule has 2 fully saturated rings. The van der Waals surface area contributed by atoms with Gasteiger partial charge in [0, 0.05) is 18.1 Å². The quantitative estimate of drug-likeness (QED) is 0.756. The molecule has 1 heterocycles. The number of rotatable bonds is 3. The van der Waals surface area contributed by atoms with E-state index in [-0.39, 0.29) is 17.5 Å². The number of likely N-dealkylation sites (tertiary alicyclic amines) is 1. The van der Waals surface area contributed by atoms with Gasteiger partial charge in [-0.2, -0.15) is 0 Å². The highest BCUT2D eigenvalue weighted by atomic mass is 35.5. The fraction of sp³-hybridized carbons (Fsp3) is 0.435. The first-order valence-corrected chi connectivity index (χ1v) is 10.2. The molecule has 2 aromatic carbocycles. The van der Waals surface area contributed by atoms with Crippen LogP contribution in [0.1, 0.15) is 43.9 Å². The molecule has 27 heavy (non-hydrogen) atoms. The van der Waals surface area contributed by atoms with E-state index in [2.05, 4.69) is 42.6 Å². The van der Waals surface area contributed by atoms with Crippen LogP contribution in [0.15, 0.2) is 54.6 Å². The van der Waals surface area contributed by atoms with E-state index in [9.17, 15) is 4.79 Å². The normalized spacial score (nSPS) is 28.0. The van der Waals surface area contributed by atoms with Crippen molar-refractivity contribution in [3.8, 4) is 0 Å². The Morgan fingerprint density at radius 1 is 1.07 bits per heavy atom. The highest BCUT2D eigenvalue weighted by molar-refractivity contribution is 6.30. The molecule has 1 aliphatic carbocycles. The Kier molecular flexibility index (Phi) is 4.90. The van der Waals surface area contributed by atoms with Crippen molar-refractivity contribution in [2.45, 2.75) is 38.1 Å². The Morgan fingerprint density at radius 2 is 1.67 bits per heavy atom. The standard InChI is InChI=1S/C23H27ClN2O/c1-16(17-8-10-21(24)11-9-17)25-22(27)26-14-18-12-23(2,13-19(18)15-26)20-6-4-3-5-7-20/h3-11,16,18-19H,12-15H2,1-2H3,(H,25,27)/t16-,18-,19+,23?/m1/s1. The van der Waals surface area contributed by atoms with Gasteiger partial charge in [-0.3, -0.25) is 0 Å². The summed E-state index contributed by atoms with van der Waals surface area (Å²) in [5.41, 5.74) is 2.76. The fourth-order valence-electron chi connectivity index (χ4n) is 5.00. The van der Waals surface area contributed by atoms with E-state index in [0.717, 1.165) is 31.5 Å². The van der Waals surface area contributed by atoms with Crippen LogP contribution < -0.4 is 5.32 Å². The lowest BCUT2D eigenvalue weighted by Gasteiger charge is -2.28. The molecular weight excluding hydrogens is 356 g/mol. The molecule has 1 N–H and O–H groups in total. The largest absolute Gasteiger partial charge is 0.331 e. The molecule has 1 aliphatic heterocycles. The fourth-order valence-corrected chi connectivity index (χ4v) is 5.12. The first kappa shape index (κ1) is 18.4. The van der Waals surface area contributed by atoms with Gasteiger partial charge in [-0.1, -0.05) is 61.0 Å². The second kappa shape index (κ2) is 7.20. The SMILES string of the molecule is C[C@@H](NC(=O)N1C[C@@H]2CC(C)(c3ccccc3)C[C@@H]2C1)c1ccc(Cl)cc1. The summed E-state index contributed by atoms with van der Waals surface area (Å²) in [5.74, 6) is 1.21. The van der Waals surface area contributed by atoms with Crippen molar-refractivity contribution in [1.29, 1.82) is 0 Å². The van der Waals surface area contributed by atoms with Gasteiger partial charge in [-0.05, 0) is 60.3 Å². The summed E-state index contributed by atoms with van der Waals surface area (Å²) in [6, 6.07) is 18.5. The van der Waals surface area contributed by atoms with Crippen LogP contribution in [0, 0.1) is 11.8 Å². The van der Waals surface area contributed by atoms with E-state index in [1.807, 2.05) is 36.1 Å². The van der Waals surface area contributed by atoms with E-state index >= 15 is 0 Å². The Bertz CT molecular complexity index is 791. The first-order chi connectivity index (χ1) is 12.9. The molecule has 2 aliphatic rings. The molecular formula is C23H27ClN2O. The van der Waals surface area contributed by atoms with Gasteiger partial charge in [-0.25, -0.2) is 4.79 Å². The van der Waals surface area contributed by atoms with Gasteiger partial charge < -0.3 is 10.2 Å². The number of benzene rings is 2. The van der Waals surface area contributed by atoms with Crippen LogP contribution in [0.25, 0.3) is 0 Å². The molecule has 0 aromatic heterocycles. The minimum Gasteiger partial charge on any atom is -0.331 e. The van der Waals surface area contributed by atoms with E-state index in [1.54, 1.807) is 0 Å². The average molecular weight is 383 g/mol. The smallest absolute Gasteiger partial charge is 0.317 e. The third-order valence-electron chi connectivity index (χ3n) is 6.47. The third-order valence-corrected chi connectivity index (χ3v) is 6.72.